The Morgan fingerprint density at radius 2 is 1.59 bits per heavy atom. The summed E-state index contributed by atoms with van der Waals surface area (Å²) in [7, 11) is 9.14. The normalized spacial score (nSPS) is 14.7. The molecule has 5 aromatic rings. The van der Waals surface area contributed by atoms with Gasteiger partial charge in [-0.3, -0.25) is 19.5 Å². The van der Waals surface area contributed by atoms with Gasteiger partial charge in [0.15, 0.2) is 28.8 Å². The summed E-state index contributed by atoms with van der Waals surface area (Å²) in [5, 5.41) is 11.9. The van der Waals surface area contributed by atoms with Gasteiger partial charge in [0.25, 0.3) is 0 Å². The quantitative estimate of drug-likeness (QED) is 0.158. The number of para-hydroxylation sites is 1. The molecule has 0 amide bonds. The maximum absolute atomic E-state index is 13.5. The first-order chi connectivity index (χ1) is 24.7. The van der Waals surface area contributed by atoms with E-state index >= 15 is 0 Å². The minimum atomic E-state index is -0.845. The van der Waals surface area contributed by atoms with Crippen molar-refractivity contribution in [2.24, 2.45) is 0 Å². The highest BCUT2D eigenvalue weighted by atomic mass is 16.5. The topological polar surface area (TPSA) is 139 Å². The van der Waals surface area contributed by atoms with Crippen LogP contribution in [0.15, 0.2) is 76.1 Å². The van der Waals surface area contributed by atoms with Gasteiger partial charge in [-0.25, -0.2) is 0 Å². The Balaban J connectivity index is 1.50. The Hall–Kier alpha value is -5.75. The van der Waals surface area contributed by atoms with Crippen molar-refractivity contribution < 1.29 is 42.7 Å². The average Bonchev–Trinajstić information content (AvgIpc) is 3.16. The summed E-state index contributed by atoms with van der Waals surface area (Å²) < 4.78 is 39.9. The highest BCUT2D eigenvalue weighted by Crippen LogP contribution is 2.46. The summed E-state index contributed by atoms with van der Waals surface area (Å²) >= 11 is 0. The van der Waals surface area contributed by atoms with E-state index in [1.54, 1.807) is 47.8 Å². The third-order valence-electron chi connectivity index (χ3n) is 9.31. The fraction of sp³-hybridized carbons (Fsp3) is 0.308. The molecular formula is C39H40N2O10. The summed E-state index contributed by atoms with van der Waals surface area (Å²) in [5.41, 5.74) is 3.54. The van der Waals surface area contributed by atoms with Gasteiger partial charge in [-0.1, -0.05) is 18.2 Å². The first-order valence-electron chi connectivity index (χ1n) is 16.3. The van der Waals surface area contributed by atoms with E-state index in [1.165, 1.54) is 13.2 Å². The van der Waals surface area contributed by atoms with E-state index in [9.17, 15) is 14.7 Å². The molecule has 6 rings (SSSR count). The lowest BCUT2D eigenvalue weighted by Crippen LogP contribution is -2.36. The van der Waals surface area contributed by atoms with Gasteiger partial charge in [0.1, 0.15) is 5.76 Å². The van der Waals surface area contributed by atoms with Crippen molar-refractivity contribution >= 4 is 16.9 Å². The van der Waals surface area contributed by atoms with Crippen LogP contribution in [-0.4, -0.2) is 70.2 Å². The molecule has 0 bridgehead atoms. The van der Waals surface area contributed by atoms with Gasteiger partial charge in [0, 0.05) is 24.2 Å². The standard InChI is InChI=1S/C39H40N2O10/c1-45-31-15-22-12-14-41(36(27(22)19-32(31)46-2)23-16-33(47-3)39(50-6)34(17-23)48-4)21-24-18-30(42)37(44)38(51-24)28(20-35(43)49-5)25-11-13-40-29-10-8-7-9-26(25)29/h7-11,13,15-19,28,36,44H,12,14,20-21H2,1-6H3/t28-,36+/m0/s1. The third kappa shape index (κ3) is 6.74. The third-order valence-corrected chi connectivity index (χ3v) is 9.31. The van der Waals surface area contributed by atoms with Gasteiger partial charge in [-0.15, -0.1) is 0 Å². The van der Waals surface area contributed by atoms with E-state index in [0.29, 0.717) is 58.6 Å². The fourth-order valence-corrected chi connectivity index (χ4v) is 6.90. The van der Waals surface area contributed by atoms with Gasteiger partial charge >= 0.3 is 5.97 Å². The number of nitrogens with zero attached hydrogens (tertiary/aromatic N) is 2. The lowest BCUT2D eigenvalue weighted by Gasteiger charge is -2.38. The minimum absolute atomic E-state index is 0.0348. The molecule has 12 nitrogen and oxygen atoms in total. The average molecular weight is 697 g/mol. The van der Waals surface area contributed by atoms with E-state index < -0.39 is 29.1 Å². The molecule has 2 atom stereocenters. The molecule has 0 aliphatic carbocycles. The predicted octanol–water partition coefficient (Wildman–Crippen LogP) is 5.78. The van der Waals surface area contributed by atoms with Crippen LogP contribution in [0.2, 0.25) is 0 Å². The van der Waals surface area contributed by atoms with Crippen LogP contribution in [0.25, 0.3) is 10.9 Å². The zero-order chi connectivity index (χ0) is 36.2. The van der Waals surface area contributed by atoms with Crippen molar-refractivity contribution in [1.29, 1.82) is 0 Å². The molecule has 0 spiro atoms. The zero-order valence-electron chi connectivity index (χ0n) is 29.3. The summed E-state index contributed by atoms with van der Waals surface area (Å²) in [6, 6.07) is 17.8. The number of fused-ring (bicyclic) bond motifs is 2. The van der Waals surface area contributed by atoms with E-state index in [2.05, 4.69) is 9.88 Å². The van der Waals surface area contributed by atoms with Gasteiger partial charge in [-0.2, -0.15) is 0 Å². The first kappa shape index (κ1) is 35.1. The van der Waals surface area contributed by atoms with Crippen LogP contribution in [0.5, 0.6) is 34.5 Å². The lowest BCUT2D eigenvalue weighted by atomic mass is 9.87. The second-order valence-corrected chi connectivity index (χ2v) is 12.0. The maximum atomic E-state index is 13.5. The number of rotatable bonds is 12. The summed E-state index contributed by atoms with van der Waals surface area (Å²) in [6.07, 6.45) is 2.09. The van der Waals surface area contributed by atoms with Crippen LogP contribution in [-0.2, 0) is 22.5 Å². The second-order valence-electron chi connectivity index (χ2n) is 12.0. The molecule has 1 N–H and O–H groups in total. The number of aromatic hydroxyl groups is 1. The number of benzene rings is 3. The number of carbonyl (C=O) groups excluding carboxylic acids is 1. The van der Waals surface area contributed by atoms with Gasteiger partial charge in [0.2, 0.25) is 16.9 Å². The van der Waals surface area contributed by atoms with Gasteiger partial charge < -0.3 is 37.9 Å². The van der Waals surface area contributed by atoms with Crippen molar-refractivity contribution in [2.45, 2.75) is 31.3 Å². The molecule has 3 heterocycles. The Labute approximate surface area is 295 Å². The van der Waals surface area contributed by atoms with Crippen LogP contribution < -0.4 is 29.1 Å². The fourth-order valence-electron chi connectivity index (χ4n) is 6.90. The van der Waals surface area contributed by atoms with E-state index in [0.717, 1.165) is 22.1 Å². The maximum Gasteiger partial charge on any atom is 0.306 e. The van der Waals surface area contributed by atoms with Crippen LogP contribution in [0.4, 0.5) is 0 Å². The molecule has 2 aromatic heterocycles. The highest BCUT2D eigenvalue weighted by molar-refractivity contribution is 5.84. The Bertz CT molecular complexity index is 2100. The molecule has 0 radical (unpaired) electrons. The molecule has 0 saturated carbocycles. The zero-order valence-corrected chi connectivity index (χ0v) is 29.3. The summed E-state index contributed by atoms with van der Waals surface area (Å²) in [4.78, 5) is 32.8. The molecular weight excluding hydrogens is 656 g/mol. The molecule has 1 aliphatic heterocycles. The molecule has 12 heteroatoms. The van der Waals surface area contributed by atoms with Crippen LogP contribution >= 0.6 is 0 Å². The second kappa shape index (κ2) is 15.0. The van der Waals surface area contributed by atoms with Crippen molar-refractivity contribution in [3.63, 3.8) is 0 Å². The summed E-state index contributed by atoms with van der Waals surface area (Å²) in [6.45, 7) is 0.726. The Morgan fingerprint density at radius 3 is 2.25 bits per heavy atom. The van der Waals surface area contributed by atoms with Crippen molar-refractivity contribution in [1.82, 2.24) is 9.88 Å². The summed E-state index contributed by atoms with van der Waals surface area (Å²) in [5.74, 6) is 0.891. The number of ether oxygens (including phenoxy) is 6. The highest BCUT2D eigenvalue weighted by Gasteiger charge is 2.34. The predicted molar refractivity (Wildman–Crippen MR) is 188 cm³/mol. The van der Waals surface area contributed by atoms with E-state index in [1.807, 2.05) is 48.5 Å². The lowest BCUT2D eigenvalue weighted by molar-refractivity contribution is -0.140. The largest absolute Gasteiger partial charge is 0.502 e. The van der Waals surface area contributed by atoms with Gasteiger partial charge in [-0.05, 0) is 65.1 Å². The van der Waals surface area contributed by atoms with E-state index in [4.69, 9.17) is 32.8 Å². The smallest absolute Gasteiger partial charge is 0.306 e. The SMILES string of the molecule is COC(=O)C[C@H](c1oc(CN2CCc3cc(OC)c(OC)cc3[C@H]2c2cc(OC)c(OC)c(OC)c2)cc(=O)c1O)c1ccnc2ccccc12. The molecule has 1 aliphatic rings. The molecule has 3 aromatic carbocycles. The number of pyridine rings is 1. The minimum Gasteiger partial charge on any atom is -0.502 e. The number of methoxy groups -OCH3 is 6. The van der Waals surface area contributed by atoms with Gasteiger partial charge in [0.05, 0.1) is 73.1 Å². The molecule has 0 unspecified atom stereocenters. The molecule has 51 heavy (non-hydrogen) atoms. The van der Waals surface area contributed by atoms with Crippen molar-refractivity contribution in [3.05, 3.63) is 111 Å². The first-order valence-corrected chi connectivity index (χ1v) is 16.3. The molecule has 0 saturated heterocycles. The van der Waals surface area contributed by atoms with Crippen LogP contribution in [0.3, 0.4) is 0 Å². The number of carbonyl (C=O) groups is 1. The molecule has 0 fully saturated rings. The Morgan fingerprint density at radius 1 is 0.902 bits per heavy atom. The number of aromatic nitrogens is 1. The van der Waals surface area contributed by atoms with Crippen LogP contribution in [0, 0.1) is 0 Å². The molecule has 266 valence electrons. The van der Waals surface area contributed by atoms with Crippen molar-refractivity contribution in [2.75, 3.05) is 49.2 Å². The van der Waals surface area contributed by atoms with E-state index in [-0.39, 0.29) is 18.7 Å². The Kier molecular flexibility index (Phi) is 10.3. The van der Waals surface area contributed by atoms with Crippen LogP contribution in [0.1, 0.15) is 52.2 Å². The van der Waals surface area contributed by atoms with Crippen molar-refractivity contribution in [3.8, 4) is 34.5 Å². The number of hydrogen-bond acceptors (Lipinski definition) is 12. The number of esters is 1. The number of hydrogen-bond donors (Lipinski definition) is 1. The monoisotopic (exact) mass is 696 g/mol.